The molecule has 118 valence electrons. The van der Waals surface area contributed by atoms with Gasteiger partial charge < -0.3 is 10.3 Å². The summed E-state index contributed by atoms with van der Waals surface area (Å²) < 4.78 is 5.48. The quantitative estimate of drug-likeness (QED) is 0.915. The normalized spacial score (nSPS) is 33.0. The Balaban J connectivity index is 1.63. The van der Waals surface area contributed by atoms with Crippen LogP contribution in [0.5, 0.6) is 0 Å². The molecule has 0 spiro atoms. The summed E-state index contributed by atoms with van der Waals surface area (Å²) in [5.74, 6) is 2.66. The molecule has 2 fully saturated rings. The van der Waals surface area contributed by atoms with E-state index >= 15 is 0 Å². The third kappa shape index (κ3) is 3.77. The lowest BCUT2D eigenvalue weighted by molar-refractivity contribution is 0.260. The van der Waals surface area contributed by atoms with E-state index in [1.807, 2.05) is 23.5 Å². The molecule has 1 saturated carbocycles. The molecule has 6 heteroatoms. The zero-order valence-electron chi connectivity index (χ0n) is 12.9. The van der Waals surface area contributed by atoms with Gasteiger partial charge in [0.15, 0.2) is 5.82 Å². The Labute approximate surface area is 135 Å². The predicted molar refractivity (Wildman–Crippen MR) is 89.7 cm³/mol. The van der Waals surface area contributed by atoms with E-state index in [0.717, 1.165) is 36.7 Å². The van der Waals surface area contributed by atoms with Crippen molar-refractivity contribution < 1.29 is 4.52 Å². The number of nitrogens with zero attached hydrogens (tertiary/aromatic N) is 2. The zero-order chi connectivity index (χ0) is 14.9. The first-order valence-electron chi connectivity index (χ1n) is 7.94. The van der Waals surface area contributed by atoms with Crippen LogP contribution in [0.3, 0.4) is 0 Å². The van der Waals surface area contributed by atoms with Gasteiger partial charge in [0, 0.05) is 28.2 Å². The number of aromatic nitrogens is 2. The van der Waals surface area contributed by atoms with Gasteiger partial charge >= 0.3 is 0 Å². The van der Waals surface area contributed by atoms with Gasteiger partial charge in [0.2, 0.25) is 5.89 Å². The standard InChI is InChI=1S/C15H25N3OS2/c1-10-11(2)21-12(9-20-10)14-17-13(19-18-14)8-15(16)6-4-3-5-7-15/h10-12H,3-9,16H2,1-2H3. The molecule has 1 saturated heterocycles. The van der Waals surface area contributed by atoms with Crippen LogP contribution in [0.2, 0.25) is 0 Å². The second-order valence-electron chi connectivity index (χ2n) is 6.51. The maximum atomic E-state index is 6.48. The molecule has 21 heavy (non-hydrogen) atoms. The second-order valence-corrected chi connectivity index (χ2v) is 9.51. The van der Waals surface area contributed by atoms with E-state index in [9.17, 15) is 0 Å². The van der Waals surface area contributed by atoms with Crippen LogP contribution in [0.4, 0.5) is 0 Å². The highest BCUT2D eigenvalue weighted by Gasteiger charge is 2.32. The summed E-state index contributed by atoms with van der Waals surface area (Å²) in [5, 5.41) is 5.92. The van der Waals surface area contributed by atoms with E-state index in [1.165, 1.54) is 19.3 Å². The van der Waals surface area contributed by atoms with Gasteiger partial charge in [-0.3, -0.25) is 0 Å². The summed E-state index contributed by atoms with van der Waals surface area (Å²) in [5.41, 5.74) is 6.36. The highest BCUT2D eigenvalue weighted by Crippen LogP contribution is 2.43. The minimum absolute atomic E-state index is 0.127. The lowest BCUT2D eigenvalue weighted by Gasteiger charge is -2.32. The van der Waals surface area contributed by atoms with Crippen molar-refractivity contribution in [3.05, 3.63) is 11.7 Å². The van der Waals surface area contributed by atoms with Crippen molar-refractivity contribution in [1.29, 1.82) is 0 Å². The first kappa shape index (κ1) is 15.7. The lowest BCUT2D eigenvalue weighted by Crippen LogP contribution is -2.43. The average Bonchev–Trinajstić information content (AvgIpc) is 2.90. The Kier molecular flexibility index (Phi) is 4.86. The number of hydrogen-bond acceptors (Lipinski definition) is 6. The molecule has 1 aromatic rings. The third-order valence-corrected chi connectivity index (χ3v) is 8.06. The van der Waals surface area contributed by atoms with Crippen molar-refractivity contribution in [3.63, 3.8) is 0 Å². The summed E-state index contributed by atoms with van der Waals surface area (Å²) in [6.07, 6.45) is 6.64. The first-order chi connectivity index (χ1) is 10.1. The molecule has 3 rings (SSSR count). The smallest absolute Gasteiger partial charge is 0.228 e. The van der Waals surface area contributed by atoms with Crippen molar-refractivity contribution in [3.8, 4) is 0 Å². The number of thioether (sulfide) groups is 2. The van der Waals surface area contributed by atoms with E-state index < -0.39 is 0 Å². The van der Waals surface area contributed by atoms with Gasteiger partial charge in [0.1, 0.15) is 0 Å². The molecule has 1 aliphatic carbocycles. The summed E-state index contributed by atoms with van der Waals surface area (Å²) in [7, 11) is 0. The van der Waals surface area contributed by atoms with Gasteiger partial charge in [-0.15, -0.1) is 11.8 Å². The maximum Gasteiger partial charge on any atom is 0.228 e. The minimum Gasteiger partial charge on any atom is -0.339 e. The van der Waals surface area contributed by atoms with Crippen LogP contribution in [0, 0.1) is 0 Å². The van der Waals surface area contributed by atoms with Crippen molar-refractivity contribution >= 4 is 23.5 Å². The average molecular weight is 328 g/mol. The van der Waals surface area contributed by atoms with E-state index in [2.05, 4.69) is 24.0 Å². The van der Waals surface area contributed by atoms with Crippen LogP contribution >= 0.6 is 23.5 Å². The van der Waals surface area contributed by atoms with Gasteiger partial charge in [-0.1, -0.05) is 38.3 Å². The summed E-state index contributed by atoms with van der Waals surface area (Å²) in [4.78, 5) is 4.64. The highest BCUT2D eigenvalue weighted by atomic mass is 32.2. The van der Waals surface area contributed by atoms with Crippen LogP contribution in [-0.2, 0) is 6.42 Å². The SMILES string of the molecule is CC1SCC(c2noc(CC3(N)CCCCC3)n2)SC1C. The van der Waals surface area contributed by atoms with Gasteiger partial charge in [-0.2, -0.15) is 16.7 Å². The largest absolute Gasteiger partial charge is 0.339 e. The zero-order valence-corrected chi connectivity index (χ0v) is 14.5. The maximum absolute atomic E-state index is 6.48. The predicted octanol–water partition coefficient (Wildman–Crippen LogP) is 3.57. The molecule has 2 N–H and O–H groups in total. The van der Waals surface area contributed by atoms with Gasteiger partial charge in [-0.05, 0) is 12.8 Å². The lowest BCUT2D eigenvalue weighted by atomic mass is 9.80. The van der Waals surface area contributed by atoms with Crippen LogP contribution < -0.4 is 5.73 Å². The minimum atomic E-state index is -0.127. The molecule has 2 aliphatic rings. The Morgan fingerprint density at radius 3 is 2.71 bits per heavy atom. The van der Waals surface area contributed by atoms with Gasteiger partial charge in [0.25, 0.3) is 0 Å². The van der Waals surface area contributed by atoms with E-state index in [0.29, 0.717) is 15.7 Å². The Hall–Kier alpha value is -0.200. The molecule has 4 nitrogen and oxygen atoms in total. The van der Waals surface area contributed by atoms with Crippen molar-refractivity contribution in [1.82, 2.24) is 10.1 Å². The monoisotopic (exact) mass is 327 g/mol. The van der Waals surface area contributed by atoms with Crippen molar-refractivity contribution in [2.24, 2.45) is 5.73 Å². The van der Waals surface area contributed by atoms with Crippen molar-refractivity contribution in [2.75, 3.05) is 5.75 Å². The second kappa shape index (κ2) is 6.50. The molecular weight excluding hydrogens is 302 g/mol. The molecule has 3 atom stereocenters. The Morgan fingerprint density at radius 2 is 2.00 bits per heavy atom. The third-order valence-electron chi connectivity index (χ3n) is 4.67. The molecule has 1 aromatic heterocycles. The first-order valence-corrected chi connectivity index (χ1v) is 9.93. The summed E-state index contributed by atoms with van der Waals surface area (Å²) in [6.45, 7) is 4.58. The fourth-order valence-electron chi connectivity index (χ4n) is 3.12. The van der Waals surface area contributed by atoms with E-state index in [4.69, 9.17) is 10.3 Å². The number of nitrogens with two attached hydrogens (primary N) is 1. The molecule has 0 aromatic carbocycles. The van der Waals surface area contributed by atoms with E-state index in [-0.39, 0.29) is 5.54 Å². The summed E-state index contributed by atoms with van der Waals surface area (Å²) in [6, 6.07) is 0. The molecule has 1 aliphatic heterocycles. The summed E-state index contributed by atoms with van der Waals surface area (Å²) >= 11 is 3.98. The van der Waals surface area contributed by atoms with Crippen LogP contribution in [0.15, 0.2) is 4.52 Å². The Bertz CT molecular complexity index is 473. The molecular formula is C15H25N3OS2. The molecule has 0 radical (unpaired) electrons. The van der Waals surface area contributed by atoms with Gasteiger partial charge in [-0.25, -0.2) is 0 Å². The van der Waals surface area contributed by atoms with Crippen LogP contribution in [0.25, 0.3) is 0 Å². The van der Waals surface area contributed by atoms with E-state index in [1.54, 1.807) is 0 Å². The fourth-order valence-corrected chi connectivity index (χ4v) is 5.96. The Morgan fingerprint density at radius 1 is 1.24 bits per heavy atom. The highest BCUT2D eigenvalue weighted by molar-refractivity contribution is 8.07. The van der Waals surface area contributed by atoms with Crippen LogP contribution in [-0.4, -0.2) is 31.9 Å². The molecule has 0 amide bonds. The van der Waals surface area contributed by atoms with Crippen molar-refractivity contribution in [2.45, 2.75) is 73.7 Å². The van der Waals surface area contributed by atoms with Gasteiger partial charge in [0.05, 0.1) is 5.25 Å². The number of hydrogen-bond donors (Lipinski definition) is 1. The molecule has 2 heterocycles. The topological polar surface area (TPSA) is 64.9 Å². The fraction of sp³-hybridized carbons (Fsp3) is 0.867. The molecule has 3 unspecified atom stereocenters. The number of rotatable bonds is 3. The molecule has 0 bridgehead atoms. The van der Waals surface area contributed by atoms with Crippen LogP contribution in [0.1, 0.15) is 62.9 Å².